The van der Waals surface area contributed by atoms with Gasteiger partial charge in [0.05, 0.1) is 6.10 Å². The molecule has 0 aromatic heterocycles. The highest BCUT2D eigenvalue weighted by atomic mass is 35.5. The van der Waals surface area contributed by atoms with Crippen LogP contribution in [0.3, 0.4) is 0 Å². The number of rotatable bonds is 4. The van der Waals surface area contributed by atoms with Crippen LogP contribution in [0.2, 0.25) is 5.02 Å². The second-order valence-corrected chi connectivity index (χ2v) is 6.04. The van der Waals surface area contributed by atoms with Gasteiger partial charge in [0.1, 0.15) is 4.99 Å². The van der Waals surface area contributed by atoms with Crippen LogP contribution in [-0.2, 0) is 6.54 Å². The maximum absolute atomic E-state index is 9.61. The number of hydrogen-bond acceptors (Lipinski definition) is 3. The molecule has 0 radical (unpaired) electrons. The summed E-state index contributed by atoms with van der Waals surface area (Å²) in [7, 11) is 0. The molecule has 0 bridgehead atoms. The second-order valence-electron chi connectivity index (χ2n) is 5.19. The Morgan fingerprint density at radius 2 is 2.37 bits per heavy atom. The summed E-state index contributed by atoms with van der Waals surface area (Å²) in [5.41, 5.74) is 7.46. The summed E-state index contributed by atoms with van der Waals surface area (Å²) in [6.07, 6.45) is 0.803. The van der Waals surface area contributed by atoms with Gasteiger partial charge in [-0.3, -0.25) is 4.90 Å². The maximum Gasteiger partial charge on any atom is 0.104 e. The quantitative estimate of drug-likeness (QED) is 0.837. The summed E-state index contributed by atoms with van der Waals surface area (Å²) >= 11 is 11.2. The minimum absolute atomic E-state index is 0.238. The van der Waals surface area contributed by atoms with E-state index in [2.05, 4.69) is 4.90 Å². The van der Waals surface area contributed by atoms with Gasteiger partial charge >= 0.3 is 0 Å². The van der Waals surface area contributed by atoms with Crippen LogP contribution in [0.4, 0.5) is 0 Å². The Kier molecular flexibility index (Phi) is 4.79. The van der Waals surface area contributed by atoms with Crippen molar-refractivity contribution in [2.75, 3.05) is 13.1 Å². The molecule has 2 rings (SSSR count). The highest BCUT2D eigenvalue weighted by molar-refractivity contribution is 7.80. The third-order valence-corrected chi connectivity index (χ3v) is 4.31. The highest BCUT2D eigenvalue weighted by Crippen LogP contribution is 2.25. The lowest BCUT2D eigenvalue weighted by molar-refractivity contribution is 0.127. The molecule has 5 heteroatoms. The molecule has 1 aliphatic heterocycles. The van der Waals surface area contributed by atoms with Crippen LogP contribution in [0.15, 0.2) is 18.2 Å². The molecule has 1 aromatic carbocycles. The van der Waals surface area contributed by atoms with E-state index in [9.17, 15) is 5.11 Å². The molecule has 2 atom stereocenters. The Labute approximate surface area is 124 Å². The lowest BCUT2D eigenvalue weighted by Crippen LogP contribution is -2.24. The van der Waals surface area contributed by atoms with Crippen molar-refractivity contribution in [2.24, 2.45) is 11.7 Å². The first-order chi connectivity index (χ1) is 8.97. The fourth-order valence-corrected chi connectivity index (χ4v) is 2.84. The minimum atomic E-state index is -0.238. The number of likely N-dealkylation sites (tertiary alicyclic amines) is 1. The number of nitrogens with zero attached hydrogens (tertiary/aromatic N) is 1. The van der Waals surface area contributed by atoms with Gasteiger partial charge < -0.3 is 10.8 Å². The van der Waals surface area contributed by atoms with Crippen molar-refractivity contribution in [3.05, 3.63) is 34.3 Å². The van der Waals surface area contributed by atoms with Crippen LogP contribution < -0.4 is 5.73 Å². The molecule has 0 spiro atoms. The molecule has 104 valence electrons. The molecule has 2 unspecified atom stereocenters. The fourth-order valence-electron chi connectivity index (χ4n) is 2.47. The first-order valence-corrected chi connectivity index (χ1v) is 7.24. The van der Waals surface area contributed by atoms with Gasteiger partial charge in [0.25, 0.3) is 0 Å². The van der Waals surface area contributed by atoms with E-state index in [1.807, 2.05) is 25.1 Å². The Balaban J connectivity index is 2.02. The van der Waals surface area contributed by atoms with Gasteiger partial charge in [-0.25, -0.2) is 0 Å². The summed E-state index contributed by atoms with van der Waals surface area (Å²) in [5.74, 6) is 0.370. The second kappa shape index (κ2) is 6.18. The van der Waals surface area contributed by atoms with E-state index in [1.54, 1.807) is 0 Å². The van der Waals surface area contributed by atoms with Crippen LogP contribution in [0.1, 0.15) is 24.5 Å². The van der Waals surface area contributed by atoms with E-state index < -0.39 is 0 Å². The zero-order valence-corrected chi connectivity index (χ0v) is 12.5. The molecular formula is C14H19ClN2OS. The van der Waals surface area contributed by atoms with E-state index in [0.29, 0.717) is 15.9 Å². The SMILES string of the molecule is CC(O)C1CCN(Cc2ccc(C(N)=S)cc2Cl)C1. The molecule has 3 nitrogen and oxygen atoms in total. The molecule has 19 heavy (non-hydrogen) atoms. The molecule has 1 heterocycles. The van der Waals surface area contributed by atoms with Crippen LogP contribution >= 0.6 is 23.8 Å². The lowest BCUT2D eigenvalue weighted by Gasteiger charge is -2.18. The number of hydrogen-bond donors (Lipinski definition) is 2. The first-order valence-electron chi connectivity index (χ1n) is 6.46. The highest BCUT2D eigenvalue weighted by Gasteiger charge is 2.26. The number of halogens is 1. The third kappa shape index (κ3) is 3.66. The van der Waals surface area contributed by atoms with Gasteiger partial charge in [0.15, 0.2) is 0 Å². The zero-order valence-electron chi connectivity index (χ0n) is 11.0. The van der Waals surface area contributed by atoms with Gasteiger partial charge in [-0.15, -0.1) is 0 Å². The number of nitrogens with two attached hydrogens (primary N) is 1. The Bertz CT molecular complexity index is 479. The number of aliphatic hydroxyl groups excluding tert-OH is 1. The van der Waals surface area contributed by atoms with Gasteiger partial charge in [-0.05, 0) is 37.4 Å². The minimum Gasteiger partial charge on any atom is -0.393 e. The summed E-state index contributed by atoms with van der Waals surface area (Å²) in [6, 6.07) is 5.71. The van der Waals surface area contributed by atoms with Crippen LogP contribution in [-0.4, -0.2) is 34.2 Å². The van der Waals surface area contributed by atoms with Crippen molar-refractivity contribution in [3.8, 4) is 0 Å². The Morgan fingerprint density at radius 3 is 2.89 bits per heavy atom. The number of aliphatic hydroxyl groups is 1. The summed E-state index contributed by atoms with van der Waals surface area (Å²) < 4.78 is 0. The molecule has 1 fully saturated rings. The zero-order chi connectivity index (χ0) is 14.0. The maximum atomic E-state index is 9.61. The van der Waals surface area contributed by atoms with Crippen molar-refractivity contribution in [3.63, 3.8) is 0 Å². The van der Waals surface area contributed by atoms with Gasteiger partial charge in [-0.2, -0.15) is 0 Å². The summed E-state index contributed by atoms with van der Waals surface area (Å²) in [5, 5.41) is 10.3. The van der Waals surface area contributed by atoms with E-state index in [-0.39, 0.29) is 6.10 Å². The largest absolute Gasteiger partial charge is 0.393 e. The number of thiocarbonyl (C=S) groups is 1. The first kappa shape index (κ1) is 14.7. The molecular weight excluding hydrogens is 280 g/mol. The predicted molar refractivity (Wildman–Crippen MR) is 82.4 cm³/mol. The third-order valence-electron chi connectivity index (χ3n) is 3.72. The standard InChI is InChI=1S/C14H19ClN2OS/c1-9(18)11-4-5-17(7-11)8-12-3-2-10(14(16)19)6-13(12)15/h2-3,6,9,11,18H,4-5,7-8H2,1H3,(H2,16,19). The van der Waals surface area contributed by atoms with Crippen molar-refractivity contribution in [2.45, 2.75) is 26.0 Å². The number of benzene rings is 1. The Hall–Kier alpha value is -0.680. The molecule has 0 amide bonds. The van der Waals surface area contributed by atoms with Crippen LogP contribution in [0.5, 0.6) is 0 Å². The van der Waals surface area contributed by atoms with Crippen molar-refractivity contribution < 1.29 is 5.11 Å². The van der Waals surface area contributed by atoms with E-state index >= 15 is 0 Å². The molecule has 1 saturated heterocycles. The molecule has 1 aliphatic rings. The summed E-state index contributed by atoms with van der Waals surface area (Å²) in [6.45, 7) is 4.59. The topological polar surface area (TPSA) is 49.5 Å². The van der Waals surface area contributed by atoms with Crippen molar-refractivity contribution >= 4 is 28.8 Å². The van der Waals surface area contributed by atoms with E-state index in [1.165, 1.54) is 0 Å². The van der Waals surface area contributed by atoms with E-state index in [0.717, 1.165) is 37.2 Å². The molecule has 3 N–H and O–H groups in total. The monoisotopic (exact) mass is 298 g/mol. The van der Waals surface area contributed by atoms with Crippen molar-refractivity contribution in [1.29, 1.82) is 0 Å². The Morgan fingerprint density at radius 1 is 1.63 bits per heavy atom. The average molecular weight is 299 g/mol. The average Bonchev–Trinajstić information content (AvgIpc) is 2.80. The van der Waals surface area contributed by atoms with E-state index in [4.69, 9.17) is 29.6 Å². The summed E-state index contributed by atoms with van der Waals surface area (Å²) in [4.78, 5) is 2.68. The lowest BCUT2D eigenvalue weighted by atomic mass is 10.0. The van der Waals surface area contributed by atoms with Crippen LogP contribution in [0.25, 0.3) is 0 Å². The normalized spacial score (nSPS) is 21.5. The smallest absolute Gasteiger partial charge is 0.104 e. The molecule has 0 aliphatic carbocycles. The molecule has 0 saturated carbocycles. The van der Waals surface area contributed by atoms with Crippen molar-refractivity contribution in [1.82, 2.24) is 4.90 Å². The van der Waals surface area contributed by atoms with Crippen LogP contribution in [0, 0.1) is 5.92 Å². The van der Waals surface area contributed by atoms with Gasteiger partial charge in [0, 0.05) is 23.7 Å². The molecule has 1 aromatic rings. The van der Waals surface area contributed by atoms with Gasteiger partial charge in [0.2, 0.25) is 0 Å². The fraction of sp³-hybridized carbons (Fsp3) is 0.500. The van der Waals surface area contributed by atoms with Gasteiger partial charge in [-0.1, -0.05) is 36.0 Å². The predicted octanol–water partition coefficient (Wildman–Crippen LogP) is 2.18.